The van der Waals surface area contributed by atoms with E-state index in [1.54, 1.807) is 7.05 Å². The number of hydrogen-bond acceptors (Lipinski definition) is 3. The molecule has 0 bridgehead atoms. The van der Waals surface area contributed by atoms with E-state index in [1.807, 2.05) is 30.0 Å². The maximum Gasteiger partial charge on any atom is 0.239 e. The van der Waals surface area contributed by atoms with Gasteiger partial charge in [-0.1, -0.05) is 15.9 Å². The van der Waals surface area contributed by atoms with Crippen LogP contribution in [0.5, 0.6) is 0 Å². The van der Waals surface area contributed by atoms with Gasteiger partial charge in [-0.05, 0) is 25.1 Å². The molecule has 0 aromatic heterocycles. The molecule has 0 fully saturated rings. The summed E-state index contributed by atoms with van der Waals surface area (Å²) in [4.78, 5) is 13.3. The Morgan fingerprint density at radius 3 is 2.81 bits per heavy atom. The molecular formula is C11H16BrN3O. The molecule has 0 aliphatic heterocycles. The summed E-state index contributed by atoms with van der Waals surface area (Å²) in [7, 11) is 1.63. The minimum atomic E-state index is -0.0266. The zero-order chi connectivity index (χ0) is 12.1. The summed E-state index contributed by atoms with van der Waals surface area (Å²) in [6.07, 6.45) is 0. The summed E-state index contributed by atoms with van der Waals surface area (Å²) in [6, 6.07) is 5.63. The number of nitrogens with two attached hydrogens (primary N) is 1. The van der Waals surface area contributed by atoms with Gasteiger partial charge in [0.1, 0.15) is 0 Å². The van der Waals surface area contributed by atoms with Gasteiger partial charge in [0.2, 0.25) is 5.91 Å². The third-order valence-electron chi connectivity index (χ3n) is 2.33. The van der Waals surface area contributed by atoms with Crippen molar-refractivity contribution in [3.8, 4) is 0 Å². The monoisotopic (exact) mass is 285 g/mol. The lowest BCUT2D eigenvalue weighted by Crippen LogP contribution is -2.35. The van der Waals surface area contributed by atoms with Crippen LogP contribution < -0.4 is 16.0 Å². The molecule has 0 atom stereocenters. The normalized spacial score (nSPS) is 9.94. The summed E-state index contributed by atoms with van der Waals surface area (Å²) < 4.78 is 0.951. The molecule has 1 aromatic rings. The predicted molar refractivity (Wildman–Crippen MR) is 70.5 cm³/mol. The van der Waals surface area contributed by atoms with E-state index in [-0.39, 0.29) is 5.91 Å². The zero-order valence-electron chi connectivity index (χ0n) is 9.46. The van der Waals surface area contributed by atoms with Gasteiger partial charge in [0.25, 0.3) is 0 Å². The van der Waals surface area contributed by atoms with E-state index in [0.29, 0.717) is 12.2 Å². The second kappa shape index (κ2) is 5.75. The topological polar surface area (TPSA) is 58.4 Å². The van der Waals surface area contributed by atoms with Crippen LogP contribution in [-0.2, 0) is 4.79 Å². The molecule has 1 amide bonds. The third kappa shape index (κ3) is 3.13. The second-order valence-corrected chi connectivity index (χ2v) is 4.31. The van der Waals surface area contributed by atoms with Crippen LogP contribution in [0.1, 0.15) is 6.92 Å². The van der Waals surface area contributed by atoms with E-state index in [4.69, 9.17) is 5.73 Å². The molecular weight excluding hydrogens is 270 g/mol. The quantitative estimate of drug-likeness (QED) is 0.827. The Kier molecular flexibility index (Phi) is 4.61. The molecule has 3 N–H and O–H groups in total. The van der Waals surface area contributed by atoms with Crippen LogP contribution in [0, 0.1) is 0 Å². The summed E-state index contributed by atoms with van der Waals surface area (Å²) in [5.74, 6) is -0.0266. The number of benzene rings is 1. The Bertz CT molecular complexity index is 381. The van der Waals surface area contributed by atoms with Crippen molar-refractivity contribution in [2.24, 2.45) is 0 Å². The molecule has 1 rings (SSSR count). The highest BCUT2D eigenvalue weighted by atomic mass is 79.9. The van der Waals surface area contributed by atoms with E-state index in [1.165, 1.54) is 0 Å². The number of carbonyl (C=O) groups excluding carboxylic acids is 1. The Labute approximate surface area is 104 Å². The largest absolute Gasteiger partial charge is 0.397 e. The summed E-state index contributed by atoms with van der Waals surface area (Å²) in [6.45, 7) is 3.03. The fourth-order valence-electron chi connectivity index (χ4n) is 1.41. The van der Waals surface area contributed by atoms with Crippen molar-refractivity contribution in [3.63, 3.8) is 0 Å². The van der Waals surface area contributed by atoms with Crippen molar-refractivity contribution in [2.45, 2.75) is 6.92 Å². The first-order valence-corrected chi connectivity index (χ1v) is 5.88. The molecule has 0 unspecified atom stereocenters. The van der Waals surface area contributed by atoms with Gasteiger partial charge in [-0.25, -0.2) is 0 Å². The fourth-order valence-corrected chi connectivity index (χ4v) is 1.76. The molecule has 0 aliphatic rings. The van der Waals surface area contributed by atoms with Crippen molar-refractivity contribution in [1.29, 1.82) is 0 Å². The summed E-state index contributed by atoms with van der Waals surface area (Å²) in [5.41, 5.74) is 7.44. The molecule has 1 aromatic carbocycles. The lowest BCUT2D eigenvalue weighted by molar-refractivity contribution is -0.119. The zero-order valence-corrected chi connectivity index (χ0v) is 11.0. The van der Waals surface area contributed by atoms with Crippen molar-refractivity contribution < 1.29 is 4.79 Å². The number of nitrogen functional groups attached to an aromatic ring is 1. The van der Waals surface area contributed by atoms with Crippen LogP contribution in [0.4, 0.5) is 11.4 Å². The second-order valence-electron chi connectivity index (χ2n) is 3.39. The van der Waals surface area contributed by atoms with Crippen molar-refractivity contribution in [2.75, 3.05) is 30.8 Å². The van der Waals surface area contributed by atoms with E-state index in [0.717, 1.165) is 16.7 Å². The van der Waals surface area contributed by atoms with E-state index in [9.17, 15) is 4.79 Å². The standard InChI is InChI=1S/C11H16BrN3O/c1-3-15(7-11(16)14-2)10-6-8(12)4-5-9(10)13/h4-6H,3,7,13H2,1-2H3,(H,14,16). The summed E-state index contributed by atoms with van der Waals surface area (Å²) >= 11 is 3.39. The number of nitrogens with one attached hydrogen (secondary N) is 1. The third-order valence-corrected chi connectivity index (χ3v) is 2.82. The maximum absolute atomic E-state index is 11.3. The van der Waals surface area contributed by atoms with Crippen LogP contribution in [0.15, 0.2) is 22.7 Å². The van der Waals surface area contributed by atoms with Gasteiger partial charge in [0.05, 0.1) is 17.9 Å². The van der Waals surface area contributed by atoms with Gasteiger partial charge < -0.3 is 16.0 Å². The van der Waals surface area contributed by atoms with Crippen LogP contribution in [0.3, 0.4) is 0 Å². The number of rotatable bonds is 4. The molecule has 0 heterocycles. The highest BCUT2D eigenvalue weighted by Gasteiger charge is 2.11. The summed E-state index contributed by atoms with van der Waals surface area (Å²) in [5, 5.41) is 2.60. The first-order valence-electron chi connectivity index (χ1n) is 5.09. The van der Waals surface area contributed by atoms with E-state index in [2.05, 4.69) is 21.2 Å². The number of amides is 1. The molecule has 4 nitrogen and oxygen atoms in total. The number of halogens is 1. The molecule has 88 valence electrons. The minimum absolute atomic E-state index is 0.0266. The van der Waals surface area contributed by atoms with Crippen LogP contribution in [-0.4, -0.2) is 26.0 Å². The van der Waals surface area contributed by atoms with Gasteiger partial charge in [-0.15, -0.1) is 0 Å². The molecule has 0 aliphatic carbocycles. The Morgan fingerprint density at radius 1 is 1.56 bits per heavy atom. The van der Waals surface area contributed by atoms with Crippen molar-refractivity contribution in [3.05, 3.63) is 22.7 Å². The molecule has 0 radical (unpaired) electrons. The molecule has 0 saturated heterocycles. The molecule has 5 heteroatoms. The van der Waals surface area contributed by atoms with Crippen molar-refractivity contribution in [1.82, 2.24) is 5.32 Å². The number of anilines is 2. The lowest BCUT2D eigenvalue weighted by atomic mass is 10.2. The Morgan fingerprint density at radius 2 is 2.25 bits per heavy atom. The molecule has 0 spiro atoms. The van der Waals surface area contributed by atoms with Crippen LogP contribution in [0.25, 0.3) is 0 Å². The average molecular weight is 286 g/mol. The number of nitrogens with zero attached hydrogens (tertiary/aromatic N) is 1. The first-order chi connectivity index (χ1) is 7.58. The van der Waals surface area contributed by atoms with Gasteiger partial charge in [0, 0.05) is 18.1 Å². The van der Waals surface area contributed by atoms with Gasteiger partial charge in [0.15, 0.2) is 0 Å². The Balaban J connectivity index is 2.94. The smallest absolute Gasteiger partial charge is 0.239 e. The molecule has 16 heavy (non-hydrogen) atoms. The number of carbonyl (C=O) groups is 1. The molecule has 0 saturated carbocycles. The average Bonchev–Trinajstić information content (AvgIpc) is 2.29. The van der Waals surface area contributed by atoms with Crippen molar-refractivity contribution >= 4 is 33.2 Å². The minimum Gasteiger partial charge on any atom is -0.397 e. The van der Waals surface area contributed by atoms with Gasteiger partial charge in [-0.3, -0.25) is 4.79 Å². The number of hydrogen-bond donors (Lipinski definition) is 2. The van der Waals surface area contributed by atoms with Gasteiger partial charge in [-0.2, -0.15) is 0 Å². The first kappa shape index (κ1) is 12.8. The predicted octanol–water partition coefficient (Wildman–Crippen LogP) is 1.60. The SMILES string of the molecule is CCN(CC(=O)NC)c1cc(Br)ccc1N. The van der Waals surface area contributed by atoms with Crippen LogP contribution in [0.2, 0.25) is 0 Å². The number of likely N-dealkylation sites (N-methyl/N-ethyl adjacent to an activating group) is 2. The Hall–Kier alpha value is -1.23. The highest BCUT2D eigenvalue weighted by molar-refractivity contribution is 9.10. The van der Waals surface area contributed by atoms with Crippen LogP contribution >= 0.6 is 15.9 Å². The van der Waals surface area contributed by atoms with E-state index >= 15 is 0 Å². The maximum atomic E-state index is 11.3. The van der Waals surface area contributed by atoms with E-state index < -0.39 is 0 Å². The highest BCUT2D eigenvalue weighted by Crippen LogP contribution is 2.26. The fraction of sp³-hybridized carbons (Fsp3) is 0.364. The van der Waals surface area contributed by atoms with Gasteiger partial charge >= 0.3 is 0 Å². The lowest BCUT2D eigenvalue weighted by Gasteiger charge is -2.23.